The fourth-order valence-corrected chi connectivity index (χ4v) is 1.36. The molecular formula is C11H14BrFO2. The van der Waals surface area contributed by atoms with Gasteiger partial charge in [-0.05, 0) is 32.0 Å². The standard InChI is InChI=1S/C11H14BrFO2/c1-8(2)14-5-6-15-11-7-9(12)3-4-10(11)13/h3-4,7-8H,5-6H2,1-2H3. The zero-order chi connectivity index (χ0) is 11.3. The highest BCUT2D eigenvalue weighted by Crippen LogP contribution is 2.21. The first-order valence-electron chi connectivity index (χ1n) is 4.79. The van der Waals surface area contributed by atoms with Gasteiger partial charge in [0.05, 0.1) is 12.7 Å². The topological polar surface area (TPSA) is 18.5 Å². The van der Waals surface area contributed by atoms with Gasteiger partial charge in [0.2, 0.25) is 0 Å². The number of benzene rings is 1. The van der Waals surface area contributed by atoms with Gasteiger partial charge < -0.3 is 9.47 Å². The molecule has 2 nitrogen and oxygen atoms in total. The van der Waals surface area contributed by atoms with Crippen molar-refractivity contribution in [3.63, 3.8) is 0 Å². The molecule has 0 aromatic heterocycles. The Bertz CT molecular complexity index is 315. The van der Waals surface area contributed by atoms with Crippen molar-refractivity contribution in [2.75, 3.05) is 13.2 Å². The maximum absolute atomic E-state index is 13.2. The lowest BCUT2D eigenvalue weighted by atomic mass is 10.3. The van der Waals surface area contributed by atoms with Crippen molar-refractivity contribution < 1.29 is 13.9 Å². The molecule has 0 aliphatic heterocycles. The van der Waals surface area contributed by atoms with Crippen LogP contribution in [0.3, 0.4) is 0 Å². The third kappa shape index (κ3) is 4.62. The van der Waals surface area contributed by atoms with Gasteiger partial charge in [0.15, 0.2) is 11.6 Å². The lowest BCUT2D eigenvalue weighted by Gasteiger charge is -2.09. The SMILES string of the molecule is CC(C)OCCOc1cc(Br)ccc1F. The van der Waals surface area contributed by atoms with Gasteiger partial charge in [-0.25, -0.2) is 4.39 Å². The van der Waals surface area contributed by atoms with Crippen LogP contribution in [-0.4, -0.2) is 19.3 Å². The van der Waals surface area contributed by atoms with Gasteiger partial charge in [0.1, 0.15) is 6.61 Å². The molecule has 4 heteroatoms. The third-order valence-corrected chi connectivity index (χ3v) is 2.18. The smallest absolute Gasteiger partial charge is 0.165 e. The monoisotopic (exact) mass is 276 g/mol. The van der Waals surface area contributed by atoms with Crippen molar-refractivity contribution >= 4 is 15.9 Å². The Labute approximate surface area is 97.5 Å². The van der Waals surface area contributed by atoms with Gasteiger partial charge in [-0.3, -0.25) is 0 Å². The van der Waals surface area contributed by atoms with Crippen molar-refractivity contribution in [1.29, 1.82) is 0 Å². The van der Waals surface area contributed by atoms with Crippen LogP contribution in [0, 0.1) is 5.82 Å². The fourth-order valence-electron chi connectivity index (χ4n) is 1.02. The minimum Gasteiger partial charge on any atom is -0.488 e. The second kappa shape index (κ2) is 6.08. The molecule has 84 valence electrons. The van der Waals surface area contributed by atoms with Gasteiger partial charge in [0, 0.05) is 4.47 Å². The summed E-state index contributed by atoms with van der Waals surface area (Å²) in [7, 11) is 0. The molecule has 0 saturated carbocycles. The summed E-state index contributed by atoms with van der Waals surface area (Å²) in [5, 5.41) is 0. The Morgan fingerprint density at radius 1 is 1.33 bits per heavy atom. The Balaban J connectivity index is 2.40. The molecule has 0 bridgehead atoms. The van der Waals surface area contributed by atoms with Crippen LogP contribution in [-0.2, 0) is 4.74 Å². The summed E-state index contributed by atoms with van der Waals surface area (Å²) in [5.74, 6) is -0.112. The normalized spacial score (nSPS) is 10.7. The van der Waals surface area contributed by atoms with Crippen LogP contribution in [0.5, 0.6) is 5.75 Å². The molecule has 0 spiro atoms. The number of hydrogen-bond acceptors (Lipinski definition) is 2. The first-order valence-corrected chi connectivity index (χ1v) is 5.58. The molecule has 0 saturated heterocycles. The van der Waals surface area contributed by atoms with Crippen LogP contribution in [0.2, 0.25) is 0 Å². The molecule has 0 heterocycles. The number of ether oxygens (including phenoxy) is 2. The summed E-state index contributed by atoms with van der Waals surface area (Å²) < 4.78 is 24.5. The maximum Gasteiger partial charge on any atom is 0.165 e. The molecule has 1 aromatic rings. The van der Waals surface area contributed by atoms with Crippen LogP contribution in [0.4, 0.5) is 4.39 Å². The first-order chi connectivity index (χ1) is 7.09. The zero-order valence-electron chi connectivity index (χ0n) is 8.80. The van der Waals surface area contributed by atoms with E-state index in [4.69, 9.17) is 9.47 Å². The highest BCUT2D eigenvalue weighted by atomic mass is 79.9. The van der Waals surface area contributed by atoms with E-state index in [1.807, 2.05) is 13.8 Å². The highest BCUT2D eigenvalue weighted by Gasteiger charge is 2.03. The van der Waals surface area contributed by atoms with Crippen molar-refractivity contribution in [3.8, 4) is 5.75 Å². The molecule has 0 aliphatic carbocycles. The van der Waals surface area contributed by atoms with Gasteiger partial charge in [-0.1, -0.05) is 15.9 Å². The largest absolute Gasteiger partial charge is 0.488 e. The molecule has 0 fully saturated rings. The van der Waals surface area contributed by atoms with Crippen LogP contribution < -0.4 is 4.74 Å². The molecule has 0 N–H and O–H groups in total. The van der Waals surface area contributed by atoms with E-state index in [0.717, 1.165) is 4.47 Å². The van der Waals surface area contributed by atoms with Crippen molar-refractivity contribution in [2.24, 2.45) is 0 Å². The summed E-state index contributed by atoms with van der Waals surface area (Å²) in [6.45, 7) is 4.70. The van der Waals surface area contributed by atoms with Gasteiger partial charge >= 0.3 is 0 Å². The second-order valence-corrected chi connectivity index (χ2v) is 4.26. The second-order valence-electron chi connectivity index (χ2n) is 3.34. The summed E-state index contributed by atoms with van der Waals surface area (Å²) >= 11 is 3.25. The Morgan fingerprint density at radius 3 is 2.73 bits per heavy atom. The average Bonchev–Trinajstić information content (AvgIpc) is 2.17. The number of rotatable bonds is 5. The van der Waals surface area contributed by atoms with Crippen molar-refractivity contribution in [1.82, 2.24) is 0 Å². The number of halogens is 2. The molecule has 15 heavy (non-hydrogen) atoms. The van der Waals surface area contributed by atoms with Crippen LogP contribution >= 0.6 is 15.9 Å². The third-order valence-electron chi connectivity index (χ3n) is 1.69. The summed E-state index contributed by atoms with van der Waals surface area (Å²) in [6.07, 6.45) is 0.168. The molecule has 0 amide bonds. The van der Waals surface area contributed by atoms with E-state index >= 15 is 0 Å². The van der Waals surface area contributed by atoms with E-state index in [9.17, 15) is 4.39 Å². The predicted molar refractivity (Wildman–Crippen MR) is 60.7 cm³/mol. The molecule has 0 atom stereocenters. The molecule has 1 aromatic carbocycles. The van der Waals surface area contributed by atoms with Crippen molar-refractivity contribution in [2.45, 2.75) is 20.0 Å². The lowest BCUT2D eigenvalue weighted by Crippen LogP contribution is -2.11. The minimum absolute atomic E-state index is 0.168. The van der Waals surface area contributed by atoms with E-state index in [-0.39, 0.29) is 17.7 Å². The van der Waals surface area contributed by atoms with E-state index in [1.165, 1.54) is 6.07 Å². The van der Waals surface area contributed by atoms with Crippen LogP contribution in [0.15, 0.2) is 22.7 Å². The van der Waals surface area contributed by atoms with Gasteiger partial charge in [-0.2, -0.15) is 0 Å². The fraction of sp³-hybridized carbons (Fsp3) is 0.455. The van der Waals surface area contributed by atoms with E-state index in [0.29, 0.717) is 13.2 Å². The van der Waals surface area contributed by atoms with Crippen LogP contribution in [0.1, 0.15) is 13.8 Å². The predicted octanol–water partition coefficient (Wildman–Crippen LogP) is 3.39. The lowest BCUT2D eigenvalue weighted by molar-refractivity contribution is 0.0544. The Hall–Kier alpha value is -0.610. The Kier molecular flexibility index (Phi) is 5.05. The van der Waals surface area contributed by atoms with E-state index in [2.05, 4.69) is 15.9 Å². The average molecular weight is 277 g/mol. The molecular weight excluding hydrogens is 263 g/mol. The van der Waals surface area contributed by atoms with Gasteiger partial charge in [0.25, 0.3) is 0 Å². The molecule has 1 rings (SSSR count). The first kappa shape index (κ1) is 12.5. The van der Waals surface area contributed by atoms with Crippen molar-refractivity contribution in [3.05, 3.63) is 28.5 Å². The quantitative estimate of drug-likeness (QED) is 0.768. The van der Waals surface area contributed by atoms with Gasteiger partial charge in [-0.15, -0.1) is 0 Å². The van der Waals surface area contributed by atoms with E-state index in [1.54, 1.807) is 12.1 Å². The Morgan fingerprint density at radius 2 is 2.07 bits per heavy atom. The number of hydrogen-bond donors (Lipinski definition) is 0. The molecule has 0 unspecified atom stereocenters. The van der Waals surface area contributed by atoms with Crippen LogP contribution in [0.25, 0.3) is 0 Å². The summed E-state index contributed by atoms with van der Waals surface area (Å²) in [4.78, 5) is 0. The van der Waals surface area contributed by atoms with E-state index < -0.39 is 0 Å². The molecule has 0 aliphatic rings. The zero-order valence-corrected chi connectivity index (χ0v) is 10.4. The minimum atomic E-state index is -0.359. The highest BCUT2D eigenvalue weighted by molar-refractivity contribution is 9.10. The molecule has 0 radical (unpaired) electrons. The summed E-state index contributed by atoms with van der Waals surface area (Å²) in [6, 6.07) is 4.60. The maximum atomic E-state index is 13.2. The summed E-state index contributed by atoms with van der Waals surface area (Å²) in [5.41, 5.74) is 0.